The number of hydrogen-bond donors (Lipinski definition) is 1. The summed E-state index contributed by atoms with van der Waals surface area (Å²) >= 11 is 2.34. The Kier molecular flexibility index (Phi) is 7.58. The molecule has 3 heterocycles. The van der Waals surface area contributed by atoms with Crippen molar-refractivity contribution < 1.29 is 19.0 Å². The van der Waals surface area contributed by atoms with Crippen molar-refractivity contribution in [1.29, 1.82) is 0 Å². The third-order valence-corrected chi connectivity index (χ3v) is 6.83. The number of aromatic nitrogens is 3. The molecule has 3 aromatic rings. The van der Waals surface area contributed by atoms with Gasteiger partial charge in [-0.2, -0.15) is 0 Å². The second-order valence-electron chi connectivity index (χ2n) is 9.54. The molecule has 1 saturated heterocycles. The number of fused-ring (bicyclic) bond motifs is 1. The van der Waals surface area contributed by atoms with Crippen molar-refractivity contribution in [3.63, 3.8) is 0 Å². The molecule has 1 aliphatic heterocycles. The molecule has 0 spiro atoms. The summed E-state index contributed by atoms with van der Waals surface area (Å²) in [5, 5.41) is 4.45. The summed E-state index contributed by atoms with van der Waals surface area (Å²) in [5.74, 6) is 2.28. The second-order valence-corrected chi connectivity index (χ2v) is 10.7. The minimum Gasteiger partial charge on any atom is -0.497 e. The Balaban J connectivity index is 1.50. The Bertz CT molecular complexity index is 1200. The first-order chi connectivity index (χ1) is 16.7. The summed E-state index contributed by atoms with van der Waals surface area (Å²) in [4.78, 5) is 23.4. The third kappa shape index (κ3) is 5.74. The number of amides is 1. The SMILES string of the molecule is COc1ccc(CNc2ncnc3c2c(I)cn3C2CCN(C(=O)OC(C)(C)C)CC2)c(OC)c1. The summed E-state index contributed by atoms with van der Waals surface area (Å²) in [6, 6.07) is 6.02. The summed E-state index contributed by atoms with van der Waals surface area (Å²) in [6.45, 7) is 7.53. The van der Waals surface area contributed by atoms with Gasteiger partial charge in [-0.1, -0.05) is 0 Å². The van der Waals surface area contributed by atoms with E-state index in [0.717, 1.165) is 50.3 Å². The molecule has 0 aliphatic carbocycles. The van der Waals surface area contributed by atoms with Crippen LogP contribution in [0.2, 0.25) is 0 Å². The van der Waals surface area contributed by atoms with E-state index in [1.54, 1.807) is 25.4 Å². The normalized spacial score (nSPS) is 14.7. The Morgan fingerprint density at radius 2 is 1.91 bits per heavy atom. The van der Waals surface area contributed by atoms with Crippen molar-refractivity contribution in [2.24, 2.45) is 0 Å². The summed E-state index contributed by atoms with van der Waals surface area (Å²) in [7, 11) is 3.29. The van der Waals surface area contributed by atoms with Crippen LogP contribution in [0.1, 0.15) is 45.2 Å². The lowest BCUT2D eigenvalue weighted by Gasteiger charge is -2.34. The predicted molar refractivity (Wildman–Crippen MR) is 143 cm³/mol. The number of carbonyl (C=O) groups excluding carboxylic acids is 1. The zero-order valence-corrected chi connectivity index (χ0v) is 23.0. The van der Waals surface area contributed by atoms with E-state index in [4.69, 9.17) is 14.2 Å². The molecule has 0 bridgehead atoms. The van der Waals surface area contributed by atoms with E-state index in [1.165, 1.54) is 0 Å². The van der Waals surface area contributed by atoms with Gasteiger partial charge >= 0.3 is 6.09 Å². The highest BCUT2D eigenvalue weighted by atomic mass is 127. The molecule has 1 aliphatic rings. The van der Waals surface area contributed by atoms with Gasteiger partial charge in [0.1, 0.15) is 34.9 Å². The number of ether oxygens (including phenoxy) is 3. The topological polar surface area (TPSA) is 90.7 Å². The minimum absolute atomic E-state index is 0.245. The molecular formula is C25H32IN5O4. The summed E-state index contributed by atoms with van der Waals surface area (Å²) in [5.41, 5.74) is 1.41. The van der Waals surface area contributed by atoms with Gasteiger partial charge in [0.15, 0.2) is 0 Å². The predicted octanol–water partition coefficient (Wildman–Crippen LogP) is 5.24. The molecule has 188 valence electrons. The van der Waals surface area contributed by atoms with Gasteiger partial charge in [0, 0.05) is 47.1 Å². The number of piperidine rings is 1. The number of rotatable bonds is 6. The highest BCUT2D eigenvalue weighted by Gasteiger charge is 2.29. The summed E-state index contributed by atoms with van der Waals surface area (Å²) < 4.78 is 19.7. The highest BCUT2D eigenvalue weighted by molar-refractivity contribution is 14.1. The zero-order valence-electron chi connectivity index (χ0n) is 20.8. The van der Waals surface area contributed by atoms with Crippen molar-refractivity contribution >= 4 is 45.5 Å². The molecule has 2 aromatic heterocycles. The lowest BCUT2D eigenvalue weighted by Crippen LogP contribution is -2.42. The maximum absolute atomic E-state index is 12.4. The first-order valence-corrected chi connectivity index (χ1v) is 12.7. The Hall–Kier alpha value is -2.76. The van der Waals surface area contributed by atoms with Crippen LogP contribution in [0.4, 0.5) is 10.6 Å². The number of benzene rings is 1. The number of methoxy groups -OCH3 is 2. The van der Waals surface area contributed by atoms with Crippen molar-refractivity contribution in [2.75, 3.05) is 32.6 Å². The summed E-state index contributed by atoms with van der Waals surface area (Å²) in [6.07, 6.45) is 5.17. The van der Waals surface area contributed by atoms with Gasteiger partial charge in [-0.15, -0.1) is 0 Å². The maximum Gasteiger partial charge on any atom is 0.410 e. The van der Waals surface area contributed by atoms with Crippen LogP contribution in [0.15, 0.2) is 30.7 Å². The molecule has 0 saturated carbocycles. The van der Waals surface area contributed by atoms with Crippen molar-refractivity contribution in [1.82, 2.24) is 19.4 Å². The van der Waals surface area contributed by atoms with E-state index in [2.05, 4.69) is 48.6 Å². The number of carbonyl (C=O) groups is 1. The van der Waals surface area contributed by atoms with Crippen LogP contribution in [0.3, 0.4) is 0 Å². The number of nitrogens with zero attached hydrogens (tertiary/aromatic N) is 4. The number of anilines is 1. The van der Waals surface area contributed by atoms with Crippen LogP contribution in [0.5, 0.6) is 11.5 Å². The quantitative estimate of drug-likeness (QED) is 0.391. The van der Waals surface area contributed by atoms with Crippen LogP contribution in [0, 0.1) is 3.57 Å². The Morgan fingerprint density at radius 3 is 2.57 bits per heavy atom. The van der Waals surface area contributed by atoms with E-state index >= 15 is 0 Å². The number of hydrogen-bond acceptors (Lipinski definition) is 7. The Labute approximate surface area is 219 Å². The fourth-order valence-electron chi connectivity index (χ4n) is 4.28. The molecule has 35 heavy (non-hydrogen) atoms. The molecule has 1 N–H and O–H groups in total. The number of nitrogens with one attached hydrogen (secondary N) is 1. The first kappa shape index (κ1) is 25.3. The van der Waals surface area contributed by atoms with Gasteiger partial charge in [0.05, 0.1) is 19.6 Å². The second kappa shape index (κ2) is 10.5. The molecule has 0 radical (unpaired) electrons. The fraction of sp³-hybridized carbons (Fsp3) is 0.480. The van der Waals surface area contributed by atoms with Gasteiger partial charge in [0.25, 0.3) is 0 Å². The largest absolute Gasteiger partial charge is 0.497 e. The molecule has 0 unspecified atom stereocenters. The van der Waals surface area contributed by atoms with E-state index < -0.39 is 5.60 Å². The van der Waals surface area contributed by atoms with E-state index in [9.17, 15) is 4.79 Å². The van der Waals surface area contributed by atoms with E-state index in [0.29, 0.717) is 19.6 Å². The van der Waals surface area contributed by atoms with Gasteiger partial charge in [0.2, 0.25) is 0 Å². The molecular weight excluding hydrogens is 561 g/mol. The number of halogens is 1. The van der Waals surface area contributed by atoms with Gasteiger partial charge in [-0.3, -0.25) is 0 Å². The van der Waals surface area contributed by atoms with Crippen LogP contribution in [0.25, 0.3) is 11.0 Å². The molecule has 4 rings (SSSR count). The lowest BCUT2D eigenvalue weighted by atomic mass is 10.1. The molecule has 1 aromatic carbocycles. The van der Waals surface area contributed by atoms with E-state index in [1.807, 2.05) is 39.0 Å². The number of likely N-dealkylation sites (tertiary alicyclic amines) is 1. The van der Waals surface area contributed by atoms with Crippen LogP contribution in [-0.2, 0) is 11.3 Å². The van der Waals surface area contributed by atoms with Crippen LogP contribution < -0.4 is 14.8 Å². The van der Waals surface area contributed by atoms with E-state index in [-0.39, 0.29) is 12.1 Å². The average Bonchev–Trinajstić information content (AvgIpc) is 3.18. The van der Waals surface area contributed by atoms with Crippen LogP contribution >= 0.6 is 22.6 Å². The van der Waals surface area contributed by atoms with Crippen molar-refractivity contribution in [3.05, 3.63) is 39.9 Å². The third-order valence-electron chi connectivity index (χ3n) is 6.01. The average molecular weight is 593 g/mol. The molecule has 1 amide bonds. The fourth-order valence-corrected chi connectivity index (χ4v) is 5.08. The van der Waals surface area contributed by atoms with Crippen molar-refractivity contribution in [2.45, 2.75) is 51.8 Å². The Morgan fingerprint density at radius 1 is 1.17 bits per heavy atom. The smallest absolute Gasteiger partial charge is 0.410 e. The van der Waals surface area contributed by atoms with Crippen molar-refractivity contribution in [3.8, 4) is 11.5 Å². The monoisotopic (exact) mass is 593 g/mol. The maximum atomic E-state index is 12.4. The molecule has 1 fully saturated rings. The van der Waals surface area contributed by atoms with Crippen LogP contribution in [-0.4, -0.2) is 58.4 Å². The lowest BCUT2D eigenvalue weighted by molar-refractivity contribution is 0.0189. The van der Waals surface area contributed by atoms with Gasteiger partial charge < -0.3 is 29.0 Å². The van der Waals surface area contributed by atoms with Gasteiger partial charge in [-0.25, -0.2) is 14.8 Å². The highest BCUT2D eigenvalue weighted by Crippen LogP contribution is 2.34. The minimum atomic E-state index is -0.489. The molecule has 10 heteroatoms. The standard InChI is InChI=1S/C25H32IN5O4/c1-25(2,3)35-24(32)30-10-8-17(9-11-30)31-14-19(26)21-22(28-15-29-23(21)31)27-13-16-6-7-18(33-4)12-20(16)34-5/h6-7,12,14-15,17H,8-11,13H2,1-5H3,(H,27,28,29). The van der Waals surface area contributed by atoms with Gasteiger partial charge in [-0.05, 0) is 68.3 Å². The first-order valence-electron chi connectivity index (χ1n) is 11.6. The molecule has 0 atom stereocenters. The molecule has 9 nitrogen and oxygen atoms in total. The zero-order chi connectivity index (χ0) is 25.2.